The Labute approximate surface area is 104 Å². The topological polar surface area (TPSA) is 24.9 Å². The number of nitrogens with one attached hydrogen (secondary N) is 1. The third-order valence-corrected chi connectivity index (χ3v) is 4.29. The molecule has 17 heavy (non-hydrogen) atoms. The number of hydrogen-bond acceptors (Lipinski definition) is 2. The van der Waals surface area contributed by atoms with Crippen LogP contribution in [-0.4, -0.2) is 17.6 Å². The first-order valence-corrected chi connectivity index (χ1v) is 7.10. The monoisotopic (exact) mass is 230 g/mol. The maximum atomic E-state index is 4.64. The fraction of sp³-hybridized carbons (Fsp3) is 0.667. The predicted octanol–water partition coefficient (Wildman–Crippen LogP) is 3.03. The first kappa shape index (κ1) is 11.2. The molecule has 0 aromatic carbocycles. The predicted molar refractivity (Wildman–Crippen MR) is 70.2 cm³/mol. The Balaban J connectivity index is 1.71. The lowest BCUT2D eigenvalue weighted by Gasteiger charge is -2.30. The lowest BCUT2D eigenvalue weighted by molar-refractivity contribution is 0.344. The molecule has 2 heteroatoms. The van der Waals surface area contributed by atoms with Crippen molar-refractivity contribution in [3.63, 3.8) is 0 Å². The Morgan fingerprint density at radius 2 is 2.24 bits per heavy atom. The van der Waals surface area contributed by atoms with Gasteiger partial charge in [-0.25, -0.2) is 0 Å². The molecule has 0 amide bonds. The van der Waals surface area contributed by atoms with Crippen LogP contribution in [0.2, 0.25) is 0 Å². The van der Waals surface area contributed by atoms with Gasteiger partial charge in [0.25, 0.3) is 0 Å². The molecular weight excluding hydrogens is 208 g/mol. The minimum Gasteiger partial charge on any atom is -0.314 e. The molecule has 2 atom stereocenters. The highest BCUT2D eigenvalue weighted by molar-refractivity contribution is 5.26. The average molecular weight is 230 g/mol. The largest absolute Gasteiger partial charge is 0.314 e. The van der Waals surface area contributed by atoms with Crippen LogP contribution in [0.5, 0.6) is 0 Å². The zero-order valence-corrected chi connectivity index (χ0v) is 10.5. The average Bonchev–Trinajstić information content (AvgIpc) is 2.40. The van der Waals surface area contributed by atoms with Crippen LogP contribution in [0.3, 0.4) is 0 Å². The molecule has 2 aliphatic rings. The minimum atomic E-state index is 0.704. The van der Waals surface area contributed by atoms with Crippen molar-refractivity contribution in [3.8, 4) is 0 Å². The molecule has 1 N–H and O–H groups in total. The molecule has 1 fully saturated rings. The van der Waals surface area contributed by atoms with E-state index in [-0.39, 0.29) is 0 Å². The van der Waals surface area contributed by atoms with E-state index in [4.69, 9.17) is 0 Å². The molecule has 1 aromatic rings. The summed E-state index contributed by atoms with van der Waals surface area (Å²) in [6, 6.07) is 5.09. The van der Waals surface area contributed by atoms with E-state index in [0.29, 0.717) is 5.92 Å². The summed E-state index contributed by atoms with van der Waals surface area (Å²) in [6.45, 7) is 1.21. The molecule has 2 heterocycles. The number of piperidine rings is 1. The van der Waals surface area contributed by atoms with E-state index in [9.17, 15) is 0 Å². The molecule has 0 saturated carbocycles. The highest BCUT2D eigenvalue weighted by Gasteiger charge is 2.25. The van der Waals surface area contributed by atoms with Gasteiger partial charge in [0.2, 0.25) is 0 Å². The summed E-state index contributed by atoms with van der Waals surface area (Å²) in [5.41, 5.74) is 2.89. The Morgan fingerprint density at radius 1 is 1.24 bits per heavy atom. The Bertz CT molecular complexity index is 369. The zero-order valence-electron chi connectivity index (χ0n) is 10.5. The number of nitrogens with zero attached hydrogens (tertiary/aromatic N) is 1. The summed E-state index contributed by atoms with van der Waals surface area (Å²) in [5, 5.41) is 3.67. The van der Waals surface area contributed by atoms with Gasteiger partial charge in [-0.15, -0.1) is 0 Å². The van der Waals surface area contributed by atoms with Crippen molar-refractivity contribution in [3.05, 3.63) is 29.6 Å². The van der Waals surface area contributed by atoms with Gasteiger partial charge in [0, 0.05) is 23.9 Å². The van der Waals surface area contributed by atoms with E-state index in [1.807, 2.05) is 6.20 Å². The van der Waals surface area contributed by atoms with Crippen LogP contribution in [0.15, 0.2) is 18.3 Å². The van der Waals surface area contributed by atoms with Crippen LogP contribution in [-0.2, 0) is 6.42 Å². The lowest BCUT2D eigenvalue weighted by Crippen LogP contribution is -2.35. The molecule has 1 aliphatic carbocycles. The summed E-state index contributed by atoms with van der Waals surface area (Å²) >= 11 is 0. The number of aromatic nitrogens is 1. The molecule has 2 nitrogen and oxygen atoms in total. The summed E-state index contributed by atoms with van der Waals surface area (Å²) in [4.78, 5) is 4.64. The van der Waals surface area contributed by atoms with Crippen LogP contribution in [0.1, 0.15) is 55.7 Å². The van der Waals surface area contributed by atoms with Gasteiger partial charge in [-0.2, -0.15) is 0 Å². The molecule has 0 bridgehead atoms. The number of fused-ring (bicyclic) bond motifs is 1. The fourth-order valence-electron chi connectivity index (χ4n) is 3.40. The number of pyridine rings is 1. The molecule has 92 valence electrons. The van der Waals surface area contributed by atoms with Crippen LogP contribution in [0, 0.1) is 0 Å². The van der Waals surface area contributed by atoms with E-state index in [0.717, 1.165) is 6.04 Å². The molecule has 1 aromatic heterocycles. The molecule has 0 radical (unpaired) electrons. The number of aryl methyl sites for hydroxylation is 1. The molecule has 2 unspecified atom stereocenters. The molecule has 3 rings (SSSR count). The van der Waals surface area contributed by atoms with Crippen molar-refractivity contribution < 1.29 is 0 Å². The van der Waals surface area contributed by atoms with Crippen LogP contribution in [0.4, 0.5) is 0 Å². The van der Waals surface area contributed by atoms with E-state index in [1.165, 1.54) is 62.7 Å². The maximum Gasteiger partial charge on any atom is 0.0467 e. The van der Waals surface area contributed by atoms with Crippen molar-refractivity contribution in [1.29, 1.82) is 0 Å². The number of rotatable bonds is 2. The van der Waals surface area contributed by atoms with Crippen molar-refractivity contribution in [2.75, 3.05) is 6.54 Å². The Morgan fingerprint density at radius 3 is 3.12 bits per heavy atom. The summed E-state index contributed by atoms with van der Waals surface area (Å²) < 4.78 is 0. The summed E-state index contributed by atoms with van der Waals surface area (Å²) in [6.07, 6.45) is 11.3. The van der Waals surface area contributed by atoms with E-state index in [1.54, 1.807) is 0 Å². The quantitative estimate of drug-likeness (QED) is 0.844. The summed E-state index contributed by atoms with van der Waals surface area (Å²) in [7, 11) is 0. The van der Waals surface area contributed by atoms with E-state index in [2.05, 4.69) is 22.4 Å². The highest BCUT2D eigenvalue weighted by atomic mass is 14.9. The molecule has 1 saturated heterocycles. The second-order valence-electron chi connectivity index (χ2n) is 5.52. The lowest BCUT2D eigenvalue weighted by atomic mass is 9.81. The Kier molecular flexibility index (Phi) is 3.41. The van der Waals surface area contributed by atoms with Crippen molar-refractivity contribution in [2.45, 2.75) is 56.9 Å². The third-order valence-electron chi connectivity index (χ3n) is 4.29. The first-order valence-electron chi connectivity index (χ1n) is 7.10. The standard InChI is InChI=1S/C15H22N2/c1-2-9-16-14(8-1)11-13-6-3-5-12-7-4-10-17-15(12)13/h4,7,10,13-14,16H,1-3,5-6,8-9,11H2. The molecule has 0 spiro atoms. The SMILES string of the molecule is c1cnc2c(c1)CCCC2CC1CCCCN1. The van der Waals surface area contributed by atoms with Gasteiger partial charge in [0.1, 0.15) is 0 Å². The smallest absolute Gasteiger partial charge is 0.0467 e. The Hall–Kier alpha value is -0.890. The van der Waals surface area contributed by atoms with Gasteiger partial charge >= 0.3 is 0 Å². The number of hydrogen-bond donors (Lipinski definition) is 1. The first-order chi connectivity index (χ1) is 8.43. The second-order valence-corrected chi connectivity index (χ2v) is 5.52. The minimum absolute atomic E-state index is 0.704. The third kappa shape index (κ3) is 2.52. The molecule has 1 aliphatic heterocycles. The maximum absolute atomic E-state index is 4.64. The second kappa shape index (κ2) is 5.18. The zero-order chi connectivity index (χ0) is 11.5. The van der Waals surface area contributed by atoms with Gasteiger partial charge in [-0.3, -0.25) is 4.98 Å². The summed E-state index contributed by atoms with van der Waals surface area (Å²) in [5.74, 6) is 0.704. The van der Waals surface area contributed by atoms with Crippen LogP contribution in [0.25, 0.3) is 0 Å². The van der Waals surface area contributed by atoms with Gasteiger partial charge in [-0.05, 0) is 56.7 Å². The van der Waals surface area contributed by atoms with E-state index >= 15 is 0 Å². The van der Waals surface area contributed by atoms with Gasteiger partial charge in [0.15, 0.2) is 0 Å². The normalized spacial score (nSPS) is 28.7. The van der Waals surface area contributed by atoms with Gasteiger partial charge in [-0.1, -0.05) is 12.5 Å². The van der Waals surface area contributed by atoms with Crippen molar-refractivity contribution >= 4 is 0 Å². The van der Waals surface area contributed by atoms with Crippen molar-refractivity contribution in [1.82, 2.24) is 10.3 Å². The van der Waals surface area contributed by atoms with E-state index < -0.39 is 0 Å². The van der Waals surface area contributed by atoms with Crippen molar-refractivity contribution in [2.24, 2.45) is 0 Å². The highest BCUT2D eigenvalue weighted by Crippen LogP contribution is 2.34. The van der Waals surface area contributed by atoms with Gasteiger partial charge < -0.3 is 5.32 Å². The fourth-order valence-corrected chi connectivity index (χ4v) is 3.40. The van der Waals surface area contributed by atoms with Gasteiger partial charge in [0.05, 0.1) is 0 Å². The van der Waals surface area contributed by atoms with Crippen LogP contribution >= 0.6 is 0 Å². The van der Waals surface area contributed by atoms with Crippen LogP contribution < -0.4 is 5.32 Å². The molecular formula is C15H22N2.